The van der Waals surface area contributed by atoms with Gasteiger partial charge in [0, 0.05) is 19.6 Å². The van der Waals surface area contributed by atoms with E-state index in [9.17, 15) is 4.79 Å². The van der Waals surface area contributed by atoms with Crippen LogP contribution in [0.2, 0.25) is 0 Å². The van der Waals surface area contributed by atoms with Crippen molar-refractivity contribution < 1.29 is 9.90 Å². The molecule has 1 fully saturated rings. The Morgan fingerprint density at radius 2 is 1.94 bits per heavy atom. The predicted molar refractivity (Wildman–Crippen MR) is 64.4 cm³/mol. The fraction of sp³-hybridized carbons (Fsp3) is 0.917. The second kappa shape index (κ2) is 6.86. The summed E-state index contributed by atoms with van der Waals surface area (Å²) in [6, 6.07) is 0. The molecule has 4 nitrogen and oxygen atoms in total. The minimum atomic E-state index is -0.714. The van der Waals surface area contributed by atoms with Crippen molar-refractivity contribution in [3.8, 4) is 0 Å². The van der Waals surface area contributed by atoms with Gasteiger partial charge in [-0.2, -0.15) is 0 Å². The topological polar surface area (TPSA) is 43.8 Å². The minimum absolute atomic E-state index is 0.397. The van der Waals surface area contributed by atoms with E-state index in [1.807, 2.05) is 11.9 Å². The number of carboxylic acid groups (broad SMARTS) is 1. The number of unbranched alkanes of at least 4 members (excludes halogenated alkanes) is 4. The van der Waals surface area contributed by atoms with Crippen LogP contribution in [0.4, 0.5) is 0 Å². The average Bonchev–Trinajstić information content (AvgIpc) is 2.59. The highest BCUT2D eigenvalue weighted by Crippen LogP contribution is 2.14. The van der Waals surface area contributed by atoms with Gasteiger partial charge in [0.2, 0.25) is 0 Å². The van der Waals surface area contributed by atoms with E-state index in [-0.39, 0.29) is 0 Å². The number of rotatable bonds is 7. The van der Waals surface area contributed by atoms with E-state index in [1.165, 1.54) is 25.7 Å². The van der Waals surface area contributed by atoms with Crippen molar-refractivity contribution in [3.63, 3.8) is 0 Å². The number of carboxylic acids is 1. The first-order chi connectivity index (χ1) is 7.66. The fourth-order valence-corrected chi connectivity index (χ4v) is 2.31. The van der Waals surface area contributed by atoms with Crippen molar-refractivity contribution in [1.82, 2.24) is 9.80 Å². The molecule has 0 radical (unpaired) electrons. The zero-order chi connectivity index (χ0) is 12.0. The van der Waals surface area contributed by atoms with Gasteiger partial charge in [-0.15, -0.1) is 0 Å². The highest BCUT2D eigenvalue weighted by atomic mass is 16.4. The van der Waals surface area contributed by atoms with Gasteiger partial charge in [-0.25, -0.2) is 4.79 Å². The Hall–Kier alpha value is -0.610. The predicted octanol–water partition coefficient (Wildman–Crippen LogP) is 1.61. The molecule has 1 heterocycles. The fourth-order valence-electron chi connectivity index (χ4n) is 2.31. The lowest BCUT2D eigenvalue weighted by atomic mass is 10.1. The van der Waals surface area contributed by atoms with E-state index in [0.717, 1.165) is 26.1 Å². The van der Waals surface area contributed by atoms with Crippen molar-refractivity contribution in [2.24, 2.45) is 0 Å². The van der Waals surface area contributed by atoms with Gasteiger partial charge in [-0.3, -0.25) is 9.80 Å². The molecule has 1 N–H and O–H groups in total. The molecule has 0 aromatic rings. The molecule has 0 amide bonds. The lowest BCUT2D eigenvalue weighted by Crippen LogP contribution is -2.43. The smallest absolute Gasteiger partial charge is 0.336 e. The molecule has 0 bridgehead atoms. The van der Waals surface area contributed by atoms with Crippen LogP contribution in [0.5, 0.6) is 0 Å². The maximum atomic E-state index is 11.1. The van der Waals surface area contributed by atoms with Crippen LogP contribution in [0.25, 0.3) is 0 Å². The summed E-state index contributed by atoms with van der Waals surface area (Å²) < 4.78 is 0. The van der Waals surface area contributed by atoms with Crippen molar-refractivity contribution in [2.75, 3.05) is 26.7 Å². The molecule has 0 spiro atoms. The van der Waals surface area contributed by atoms with Crippen LogP contribution in [0, 0.1) is 0 Å². The van der Waals surface area contributed by atoms with Crippen molar-refractivity contribution in [3.05, 3.63) is 0 Å². The summed E-state index contributed by atoms with van der Waals surface area (Å²) in [5.74, 6) is -0.714. The molecule has 1 atom stereocenters. The zero-order valence-corrected chi connectivity index (χ0v) is 10.5. The van der Waals surface area contributed by atoms with Crippen molar-refractivity contribution in [1.29, 1.82) is 0 Å². The van der Waals surface area contributed by atoms with E-state index >= 15 is 0 Å². The van der Waals surface area contributed by atoms with E-state index in [1.54, 1.807) is 0 Å². The maximum Gasteiger partial charge on any atom is 0.336 e. The largest absolute Gasteiger partial charge is 0.479 e. The SMILES string of the molecule is CCCCCCCN1CCN(C)C1C(=O)O. The van der Waals surface area contributed by atoms with Gasteiger partial charge in [0.15, 0.2) is 6.17 Å². The van der Waals surface area contributed by atoms with Gasteiger partial charge in [0.1, 0.15) is 0 Å². The van der Waals surface area contributed by atoms with Crippen LogP contribution >= 0.6 is 0 Å². The highest BCUT2D eigenvalue weighted by Gasteiger charge is 2.34. The zero-order valence-electron chi connectivity index (χ0n) is 10.5. The number of aliphatic carboxylic acids is 1. The molecule has 0 saturated carbocycles. The van der Waals surface area contributed by atoms with Gasteiger partial charge in [-0.1, -0.05) is 32.6 Å². The number of hydrogen-bond donors (Lipinski definition) is 1. The molecule has 94 valence electrons. The van der Waals surface area contributed by atoms with Crippen LogP contribution in [-0.2, 0) is 4.79 Å². The second-order valence-electron chi connectivity index (χ2n) is 4.64. The van der Waals surface area contributed by atoms with Crippen LogP contribution in [0.15, 0.2) is 0 Å². The van der Waals surface area contributed by atoms with Gasteiger partial charge in [0.25, 0.3) is 0 Å². The highest BCUT2D eigenvalue weighted by molar-refractivity contribution is 5.73. The third kappa shape index (κ3) is 3.76. The first kappa shape index (κ1) is 13.5. The molecule has 1 aliphatic rings. The maximum absolute atomic E-state index is 11.1. The summed E-state index contributed by atoms with van der Waals surface area (Å²) >= 11 is 0. The first-order valence-corrected chi connectivity index (χ1v) is 6.34. The van der Waals surface area contributed by atoms with Gasteiger partial charge in [-0.05, 0) is 13.5 Å². The first-order valence-electron chi connectivity index (χ1n) is 6.34. The summed E-state index contributed by atoms with van der Waals surface area (Å²) in [5.41, 5.74) is 0. The van der Waals surface area contributed by atoms with E-state index in [2.05, 4.69) is 11.8 Å². The van der Waals surface area contributed by atoms with Crippen molar-refractivity contribution >= 4 is 5.97 Å². The standard InChI is InChI=1S/C12H24N2O2/c1-3-4-5-6-7-8-14-10-9-13(2)11(14)12(15)16/h11H,3-10H2,1-2H3,(H,15,16). The Morgan fingerprint density at radius 3 is 2.56 bits per heavy atom. The van der Waals surface area contributed by atoms with E-state index < -0.39 is 12.1 Å². The summed E-state index contributed by atoms with van der Waals surface area (Å²) in [6.45, 7) is 4.88. The van der Waals surface area contributed by atoms with Crippen LogP contribution in [-0.4, -0.2) is 53.7 Å². The van der Waals surface area contributed by atoms with Gasteiger partial charge in [0.05, 0.1) is 0 Å². The molecule has 1 aliphatic heterocycles. The summed E-state index contributed by atoms with van der Waals surface area (Å²) in [5, 5.41) is 9.11. The Balaban J connectivity index is 2.23. The Kier molecular flexibility index (Phi) is 5.77. The third-order valence-electron chi connectivity index (χ3n) is 3.27. The lowest BCUT2D eigenvalue weighted by Gasteiger charge is -2.23. The minimum Gasteiger partial charge on any atom is -0.479 e. The number of likely N-dealkylation sites (N-methyl/N-ethyl adjacent to an activating group) is 1. The Morgan fingerprint density at radius 1 is 1.25 bits per heavy atom. The van der Waals surface area contributed by atoms with E-state index in [4.69, 9.17) is 5.11 Å². The molecule has 0 aliphatic carbocycles. The molecule has 1 saturated heterocycles. The Labute approximate surface area is 98.2 Å². The molecule has 0 aromatic heterocycles. The van der Waals surface area contributed by atoms with Crippen LogP contribution in [0.3, 0.4) is 0 Å². The number of hydrogen-bond acceptors (Lipinski definition) is 3. The molecular formula is C12H24N2O2. The van der Waals surface area contributed by atoms with E-state index in [0.29, 0.717) is 0 Å². The molecule has 1 unspecified atom stereocenters. The molecule has 0 aromatic carbocycles. The normalized spacial score (nSPS) is 22.8. The summed E-state index contributed by atoms with van der Waals surface area (Å²) in [4.78, 5) is 15.1. The number of carbonyl (C=O) groups is 1. The van der Waals surface area contributed by atoms with Crippen LogP contribution in [0.1, 0.15) is 39.0 Å². The molecule has 1 rings (SSSR count). The second-order valence-corrected chi connectivity index (χ2v) is 4.64. The molecule has 16 heavy (non-hydrogen) atoms. The molecular weight excluding hydrogens is 204 g/mol. The summed E-state index contributed by atoms with van der Waals surface area (Å²) in [7, 11) is 1.88. The summed E-state index contributed by atoms with van der Waals surface area (Å²) in [6.07, 6.45) is 5.77. The quantitative estimate of drug-likeness (QED) is 0.672. The average molecular weight is 228 g/mol. The number of nitrogens with zero attached hydrogens (tertiary/aromatic N) is 2. The van der Waals surface area contributed by atoms with Gasteiger partial charge >= 0.3 is 5.97 Å². The monoisotopic (exact) mass is 228 g/mol. The van der Waals surface area contributed by atoms with Crippen molar-refractivity contribution in [2.45, 2.75) is 45.2 Å². The van der Waals surface area contributed by atoms with Crippen LogP contribution < -0.4 is 0 Å². The third-order valence-corrected chi connectivity index (χ3v) is 3.27. The molecule has 4 heteroatoms. The lowest BCUT2D eigenvalue weighted by molar-refractivity contribution is -0.146. The Bertz CT molecular complexity index is 221. The van der Waals surface area contributed by atoms with Gasteiger partial charge < -0.3 is 5.11 Å².